The minimum absolute atomic E-state index is 0.198. The molecular formula is C31H37N7O3. The normalized spacial score (nSPS) is 17.0. The molecule has 10 nitrogen and oxygen atoms in total. The second-order valence-electron chi connectivity index (χ2n) is 11.5. The number of amides is 1. The Hall–Kier alpha value is -4.18. The van der Waals surface area contributed by atoms with Crippen molar-refractivity contribution < 1.29 is 14.3 Å². The zero-order valence-electron chi connectivity index (χ0n) is 23.9. The Morgan fingerprint density at radius 2 is 1.66 bits per heavy atom. The maximum absolute atomic E-state index is 12.5. The highest BCUT2D eigenvalue weighted by atomic mass is 16.6. The first kappa shape index (κ1) is 27.0. The van der Waals surface area contributed by atoms with Gasteiger partial charge in [0.05, 0.1) is 11.4 Å². The van der Waals surface area contributed by atoms with Crippen molar-refractivity contribution in [3.63, 3.8) is 0 Å². The van der Waals surface area contributed by atoms with Gasteiger partial charge in [0.25, 0.3) is 0 Å². The molecule has 4 heterocycles. The summed E-state index contributed by atoms with van der Waals surface area (Å²) in [6.07, 6.45) is 3.96. The van der Waals surface area contributed by atoms with Crippen molar-refractivity contribution in [3.05, 3.63) is 60.9 Å². The first-order chi connectivity index (χ1) is 19.8. The lowest BCUT2D eigenvalue weighted by atomic mass is 10.00. The van der Waals surface area contributed by atoms with Crippen LogP contribution in [0.25, 0.3) is 22.3 Å². The number of piperidine rings is 1. The number of rotatable bonds is 7. The molecule has 0 saturated carbocycles. The summed E-state index contributed by atoms with van der Waals surface area (Å²) < 4.78 is 13.6. The molecule has 214 valence electrons. The van der Waals surface area contributed by atoms with Gasteiger partial charge in [0.15, 0.2) is 5.65 Å². The van der Waals surface area contributed by atoms with Crippen molar-refractivity contribution in [2.24, 2.45) is 0 Å². The number of nitrogens with zero attached hydrogens (tertiary/aromatic N) is 6. The lowest BCUT2D eigenvalue weighted by Gasteiger charge is -2.47. The van der Waals surface area contributed by atoms with Gasteiger partial charge in [-0.2, -0.15) is 5.10 Å². The molecule has 0 radical (unpaired) electrons. The van der Waals surface area contributed by atoms with Crippen LogP contribution in [0, 0.1) is 0 Å². The standard InChI is InChI=1S/C31H37N7O3/c1-4-31(2,3)41-30(39)37-18-23(19-37)36-16-14-22(15-17-36)38-29-26(28(32)33-20-34-29)27(35-38)21-10-12-25(13-11-21)40-24-8-6-5-7-9-24/h5-13,20,22-23H,4,14-19H2,1-3H3,(H2,32,33,34). The van der Waals surface area contributed by atoms with Crippen LogP contribution in [0.5, 0.6) is 11.5 Å². The zero-order chi connectivity index (χ0) is 28.6. The summed E-state index contributed by atoms with van der Waals surface area (Å²) in [6.45, 7) is 9.22. The number of nitrogen functional groups attached to an aromatic ring is 1. The predicted molar refractivity (Wildman–Crippen MR) is 158 cm³/mol. The van der Waals surface area contributed by atoms with Gasteiger partial charge in [-0.3, -0.25) is 4.90 Å². The van der Waals surface area contributed by atoms with Crippen molar-refractivity contribution in [3.8, 4) is 22.8 Å². The summed E-state index contributed by atoms with van der Waals surface area (Å²) in [5.41, 5.74) is 8.39. The molecule has 0 aliphatic carbocycles. The molecule has 4 aromatic rings. The average molecular weight is 556 g/mol. The van der Waals surface area contributed by atoms with E-state index in [4.69, 9.17) is 20.3 Å². The second-order valence-corrected chi connectivity index (χ2v) is 11.5. The number of anilines is 1. The summed E-state index contributed by atoms with van der Waals surface area (Å²) in [5, 5.41) is 5.82. The van der Waals surface area contributed by atoms with E-state index in [-0.39, 0.29) is 12.1 Å². The smallest absolute Gasteiger partial charge is 0.410 e. The molecule has 2 N–H and O–H groups in total. The molecule has 2 aliphatic rings. The summed E-state index contributed by atoms with van der Waals surface area (Å²) in [6, 6.07) is 18.1. The van der Waals surface area contributed by atoms with E-state index in [1.54, 1.807) is 4.90 Å². The van der Waals surface area contributed by atoms with Crippen LogP contribution in [0.1, 0.15) is 46.1 Å². The third-order valence-electron chi connectivity index (χ3n) is 8.32. The Kier molecular flexibility index (Phi) is 7.25. The summed E-state index contributed by atoms with van der Waals surface area (Å²) in [7, 11) is 0. The maximum Gasteiger partial charge on any atom is 0.410 e. The van der Waals surface area contributed by atoms with E-state index in [1.807, 2.05) is 80.1 Å². The van der Waals surface area contributed by atoms with Crippen LogP contribution in [0.4, 0.5) is 10.6 Å². The molecule has 0 unspecified atom stereocenters. The minimum atomic E-state index is -0.434. The maximum atomic E-state index is 12.5. The number of likely N-dealkylation sites (tertiary alicyclic amines) is 2. The number of benzene rings is 2. The molecule has 6 rings (SSSR count). The van der Waals surface area contributed by atoms with Crippen LogP contribution in [0.15, 0.2) is 60.9 Å². The van der Waals surface area contributed by atoms with E-state index in [0.717, 1.165) is 66.1 Å². The van der Waals surface area contributed by atoms with Gasteiger partial charge in [0, 0.05) is 37.8 Å². The number of fused-ring (bicyclic) bond motifs is 1. The lowest BCUT2D eigenvalue weighted by molar-refractivity contribution is -0.0283. The van der Waals surface area contributed by atoms with Gasteiger partial charge in [-0.1, -0.05) is 25.1 Å². The molecule has 2 aromatic heterocycles. The van der Waals surface area contributed by atoms with E-state index in [1.165, 1.54) is 6.33 Å². The summed E-state index contributed by atoms with van der Waals surface area (Å²) >= 11 is 0. The van der Waals surface area contributed by atoms with Gasteiger partial charge in [-0.15, -0.1) is 0 Å². The molecule has 0 spiro atoms. The first-order valence-electron chi connectivity index (χ1n) is 14.4. The largest absolute Gasteiger partial charge is 0.457 e. The van der Waals surface area contributed by atoms with Crippen molar-refractivity contribution in [2.45, 2.75) is 57.7 Å². The van der Waals surface area contributed by atoms with Crippen molar-refractivity contribution >= 4 is 22.9 Å². The Morgan fingerprint density at radius 3 is 2.34 bits per heavy atom. The average Bonchev–Trinajstić information content (AvgIpc) is 3.34. The number of para-hydroxylation sites is 1. The van der Waals surface area contributed by atoms with Crippen molar-refractivity contribution in [1.82, 2.24) is 29.5 Å². The number of ether oxygens (including phenoxy) is 2. The van der Waals surface area contributed by atoms with Crippen molar-refractivity contribution in [2.75, 3.05) is 31.9 Å². The Balaban J connectivity index is 1.13. The van der Waals surface area contributed by atoms with Gasteiger partial charge in [0.2, 0.25) is 0 Å². The highest BCUT2D eigenvalue weighted by molar-refractivity contribution is 5.98. The molecule has 2 fully saturated rings. The van der Waals surface area contributed by atoms with Crippen LogP contribution in [0.3, 0.4) is 0 Å². The Labute approximate surface area is 240 Å². The van der Waals surface area contributed by atoms with Crippen LogP contribution in [-0.4, -0.2) is 73.5 Å². The molecule has 0 atom stereocenters. The number of hydrogen-bond donors (Lipinski definition) is 1. The molecule has 41 heavy (non-hydrogen) atoms. The number of nitrogens with two attached hydrogens (primary N) is 1. The number of hydrogen-bond acceptors (Lipinski definition) is 8. The third-order valence-corrected chi connectivity index (χ3v) is 8.32. The monoisotopic (exact) mass is 555 g/mol. The topological polar surface area (TPSA) is 112 Å². The summed E-state index contributed by atoms with van der Waals surface area (Å²) in [5.74, 6) is 1.96. The van der Waals surface area contributed by atoms with E-state index in [9.17, 15) is 4.79 Å². The van der Waals surface area contributed by atoms with E-state index < -0.39 is 5.60 Å². The fourth-order valence-electron chi connectivity index (χ4n) is 5.46. The third kappa shape index (κ3) is 5.56. The molecule has 2 aliphatic heterocycles. The van der Waals surface area contributed by atoms with Crippen LogP contribution < -0.4 is 10.5 Å². The fourth-order valence-corrected chi connectivity index (χ4v) is 5.46. The van der Waals surface area contributed by atoms with Gasteiger partial charge < -0.3 is 20.1 Å². The molecule has 0 bridgehead atoms. The van der Waals surface area contributed by atoms with Crippen molar-refractivity contribution in [1.29, 1.82) is 0 Å². The molecule has 1 amide bonds. The Bertz CT molecular complexity index is 1510. The molecule has 2 saturated heterocycles. The van der Waals surface area contributed by atoms with E-state index in [0.29, 0.717) is 24.9 Å². The van der Waals surface area contributed by atoms with Crippen LogP contribution in [0.2, 0.25) is 0 Å². The molecular weight excluding hydrogens is 518 g/mol. The number of carbonyl (C=O) groups is 1. The fraction of sp³-hybridized carbons (Fsp3) is 0.419. The highest BCUT2D eigenvalue weighted by Crippen LogP contribution is 2.36. The number of carbonyl (C=O) groups excluding carboxylic acids is 1. The van der Waals surface area contributed by atoms with Gasteiger partial charge in [0.1, 0.15) is 34.9 Å². The first-order valence-corrected chi connectivity index (χ1v) is 14.4. The van der Waals surface area contributed by atoms with Gasteiger partial charge in [-0.25, -0.2) is 19.4 Å². The molecule has 10 heteroatoms. The van der Waals surface area contributed by atoms with Crippen LogP contribution >= 0.6 is 0 Å². The van der Waals surface area contributed by atoms with Gasteiger partial charge in [-0.05, 0) is 69.5 Å². The zero-order valence-corrected chi connectivity index (χ0v) is 23.9. The molecule has 2 aromatic carbocycles. The van der Waals surface area contributed by atoms with E-state index in [2.05, 4.69) is 14.9 Å². The number of aromatic nitrogens is 4. The SMILES string of the molecule is CCC(C)(C)OC(=O)N1CC(N2CCC(n3nc(-c4ccc(Oc5ccccc5)cc4)c4c(N)ncnc43)CC2)C1. The predicted octanol–water partition coefficient (Wildman–Crippen LogP) is 5.51. The summed E-state index contributed by atoms with van der Waals surface area (Å²) in [4.78, 5) is 25.6. The highest BCUT2D eigenvalue weighted by Gasteiger charge is 2.39. The Morgan fingerprint density at radius 1 is 0.976 bits per heavy atom. The minimum Gasteiger partial charge on any atom is -0.457 e. The quantitative estimate of drug-likeness (QED) is 0.318. The van der Waals surface area contributed by atoms with E-state index >= 15 is 0 Å². The van der Waals surface area contributed by atoms with Gasteiger partial charge >= 0.3 is 6.09 Å². The second kappa shape index (κ2) is 11.0. The lowest BCUT2D eigenvalue weighted by Crippen LogP contribution is -2.62. The van der Waals surface area contributed by atoms with Crippen LogP contribution in [-0.2, 0) is 4.74 Å².